The molecule has 0 unspecified atom stereocenters. The van der Waals surface area contributed by atoms with E-state index in [-0.39, 0.29) is 17.7 Å². The average molecular weight is 486 g/mol. The first kappa shape index (κ1) is 24.4. The van der Waals surface area contributed by atoms with E-state index in [1.165, 1.54) is 4.90 Å². The van der Waals surface area contributed by atoms with Crippen molar-refractivity contribution >= 4 is 29.0 Å². The maximum Gasteiger partial charge on any atom is 0.293 e. The Balaban J connectivity index is 1.60. The third kappa shape index (κ3) is 5.66. The standard InChI is InChI=1S/C29H27NO4S/c1-4-10-23-15-22(16-25(33-3)27(23)34-19-21-12-6-5-7-13-21)17-26-28(31)30(29(32)35-26)18-24-14-9-8-11-20(24)2/h4-9,11-17H,1,10,18-19H2,2-3H3/b26-17-. The number of hydrogen-bond acceptors (Lipinski definition) is 5. The molecular weight excluding hydrogens is 458 g/mol. The summed E-state index contributed by atoms with van der Waals surface area (Å²) in [6.07, 6.45) is 4.10. The summed E-state index contributed by atoms with van der Waals surface area (Å²) in [4.78, 5) is 27.4. The van der Waals surface area contributed by atoms with Crippen molar-refractivity contribution < 1.29 is 19.1 Å². The zero-order chi connectivity index (χ0) is 24.8. The van der Waals surface area contributed by atoms with Gasteiger partial charge in [0.1, 0.15) is 6.61 Å². The molecule has 6 heteroatoms. The van der Waals surface area contributed by atoms with Crippen molar-refractivity contribution in [3.63, 3.8) is 0 Å². The van der Waals surface area contributed by atoms with E-state index in [1.807, 2.05) is 73.7 Å². The second-order valence-electron chi connectivity index (χ2n) is 8.17. The maximum absolute atomic E-state index is 13.1. The molecule has 3 aromatic carbocycles. The number of carbonyl (C=O) groups is 2. The molecule has 0 saturated carbocycles. The summed E-state index contributed by atoms with van der Waals surface area (Å²) in [6, 6.07) is 21.4. The van der Waals surface area contributed by atoms with Crippen LogP contribution in [0.15, 0.2) is 84.3 Å². The van der Waals surface area contributed by atoms with Crippen LogP contribution in [-0.2, 0) is 24.4 Å². The number of hydrogen-bond donors (Lipinski definition) is 0. The van der Waals surface area contributed by atoms with Crippen LogP contribution in [0.25, 0.3) is 6.08 Å². The molecule has 4 rings (SSSR count). The summed E-state index contributed by atoms with van der Waals surface area (Å²) in [7, 11) is 1.59. The number of nitrogens with zero attached hydrogens (tertiary/aromatic N) is 1. The predicted molar refractivity (Wildman–Crippen MR) is 140 cm³/mol. The monoisotopic (exact) mass is 485 g/mol. The SMILES string of the molecule is C=CCc1cc(/C=C2\SC(=O)N(Cc3ccccc3C)C2=O)cc(OC)c1OCc1ccccc1. The number of imide groups is 1. The molecule has 2 amide bonds. The molecular formula is C29H27NO4S. The van der Waals surface area contributed by atoms with Gasteiger partial charge in [0.25, 0.3) is 11.1 Å². The van der Waals surface area contributed by atoms with E-state index >= 15 is 0 Å². The zero-order valence-corrected chi connectivity index (χ0v) is 20.6. The van der Waals surface area contributed by atoms with E-state index in [1.54, 1.807) is 19.3 Å². The maximum atomic E-state index is 13.1. The minimum absolute atomic E-state index is 0.256. The molecule has 1 aliphatic heterocycles. The number of aryl methyl sites for hydroxylation is 1. The van der Waals surface area contributed by atoms with Gasteiger partial charge in [-0.3, -0.25) is 14.5 Å². The molecule has 35 heavy (non-hydrogen) atoms. The predicted octanol–water partition coefficient (Wildman–Crippen LogP) is 6.55. The number of carbonyl (C=O) groups excluding carboxylic acids is 2. The van der Waals surface area contributed by atoms with Crippen LogP contribution in [0.1, 0.15) is 27.8 Å². The molecule has 5 nitrogen and oxygen atoms in total. The minimum atomic E-state index is -0.295. The third-order valence-electron chi connectivity index (χ3n) is 5.73. The van der Waals surface area contributed by atoms with Crippen molar-refractivity contribution in [2.24, 2.45) is 0 Å². The number of methoxy groups -OCH3 is 1. The smallest absolute Gasteiger partial charge is 0.293 e. The van der Waals surface area contributed by atoms with Gasteiger partial charge in [-0.15, -0.1) is 6.58 Å². The topological polar surface area (TPSA) is 55.8 Å². The average Bonchev–Trinajstić information content (AvgIpc) is 3.12. The van der Waals surface area contributed by atoms with E-state index in [9.17, 15) is 9.59 Å². The molecule has 178 valence electrons. The summed E-state index contributed by atoms with van der Waals surface area (Å²) >= 11 is 0.952. The van der Waals surface area contributed by atoms with Crippen LogP contribution < -0.4 is 9.47 Å². The Morgan fingerprint density at radius 1 is 1.00 bits per heavy atom. The molecule has 1 fully saturated rings. The Morgan fingerprint density at radius 2 is 1.74 bits per heavy atom. The van der Waals surface area contributed by atoms with E-state index in [2.05, 4.69) is 6.58 Å². The molecule has 0 radical (unpaired) electrons. The van der Waals surface area contributed by atoms with E-state index in [0.29, 0.717) is 29.4 Å². The Morgan fingerprint density at radius 3 is 2.46 bits per heavy atom. The second kappa shape index (κ2) is 11.1. The molecule has 0 bridgehead atoms. The van der Waals surface area contributed by atoms with Gasteiger partial charge in [0.2, 0.25) is 0 Å². The summed E-state index contributed by atoms with van der Waals surface area (Å²) in [5.41, 5.74) is 4.68. The molecule has 3 aromatic rings. The lowest BCUT2D eigenvalue weighted by Crippen LogP contribution is -2.27. The molecule has 0 aromatic heterocycles. The van der Waals surface area contributed by atoms with E-state index < -0.39 is 0 Å². The van der Waals surface area contributed by atoms with Crippen LogP contribution in [0.3, 0.4) is 0 Å². The Labute approximate surface area is 210 Å². The molecule has 1 saturated heterocycles. The first-order chi connectivity index (χ1) is 17.0. The van der Waals surface area contributed by atoms with Crippen molar-refractivity contribution in [2.75, 3.05) is 7.11 Å². The number of benzene rings is 3. The molecule has 0 spiro atoms. The summed E-state index contributed by atoms with van der Waals surface area (Å²) in [5.74, 6) is 0.906. The Kier molecular flexibility index (Phi) is 7.73. The zero-order valence-electron chi connectivity index (χ0n) is 19.8. The van der Waals surface area contributed by atoms with Gasteiger partial charge in [-0.25, -0.2) is 0 Å². The lowest BCUT2D eigenvalue weighted by molar-refractivity contribution is -0.123. The summed E-state index contributed by atoms with van der Waals surface area (Å²) in [6.45, 7) is 6.49. The van der Waals surface area contributed by atoms with E-state index in [0.717, 1.165) is 39.6 Å². The molecule has 1 heterocycles. The fourth-order valence-electron chi connectivity index (χ4n) is 3.86. The van der Waals surface area contributed by atoms with Crippen LogP contribution >= 0.6 is 11.8 Å². The number of ether oxygens (including phenoxy) is 2. The van der Waals surface area contributed by atoms with Crippen molar-refractivity contribution in [2.45, 2.75) is 26.5 Å². The molecule has 1 aliphatic rings. The number of amides is 2. The first-order valence-corrected chi connectivity index (χ1v) is 12.1. The summed E-state index contributed by atoms with van der Waals surface area (Å²) < 4.78 is 11.8. The van der Waals surface area contributed by atoms with Gasteiger partial charge in [-0.2, -0.15) is 0 Å². The highest BCUT2D eigenvalue weighted by atomic mass is 32.2. The van der Waals surface area contributed by atoms with Crippen molar-refractivity contribution in [3.05, 3.63) is 112 Å². The van der Waals surface area contributed by atoms with Crippen molar-refractivity contribution in [3.8, 4) is 11.5 Å². The number of allylic oxidation sites excluding steroid dienone is 1. The summed E-state index contributed by atoms with van der Waals surface area (Å²) in [5, 5.41) is -0.273. The molecule has 0 aliphatic carbocycles. The number of thioether (sulfide) groups is 1. The highest BCUT2D eigenvalue weighted by Crippen LogP contribution is 2.38. The minimum Gasteiger partial charge on any atom is -0.493 e. The quantitative estimate of drug-likeness (QED) is 0.254. The lowest BCUT2D eigenvalue weighted by Gasteiger charge is -2.16. The fourth-order valence-corrected chi connectivity index (χ4v) is 4.70. The van der Waals surface area contributed by atoms with Gasteiger partial charge in [-0.05, 0) is 65.6 Å². The van der Waals surface area contributed by atoms with Crippen LogP contribution in [0.4, 0.5) is 4.79 Å². The van der Waals surface area contributed by atoms with Crippen molar-refractivity contribution in [1.82, 2.24) is 4.90 Å². The molecule has 0 atom stereocenters. The van der Waals surface area contributed by atoms with Gasteiger partial charge < -0.3 is 9.47 Å². The van der Waals surface area contributed by atoms with Crippen LogP contribution in [-0.4, -0.2) is 23.2 Å². The van der Waals surface area contributed by atoms with Gasteiger partial charge >= 0.3 is 0 Å². The Hall–Kier alpha value is -3.77. The van der Waals surface area contributed by atoms with Crippen LogP contribution in [0, 0.1) is 6.92 Å². The molecule has 0 N–H and O–H groups in total. The van der Waals surface area contributed by atoms with Gasteiger partial charge in [-0.1, -0.05) is 60.7 Å². The van der Waals surface area contributed by atoms with Crippen molar-refractivity contribution in [1.29, 1.82) is 0 Å². The number of rotatable bonds is 9. The van der Waals surface area contributed by atoms with Gasteiger partial charge in [0.05, 0.1) is 18.6 Å². The highest BCUT2D eigenvalue weighted by molar-refractivity contribution is 8.18. The largest absolute Gasteiger partial charge is 0.493 e. The second-order valence-corrected chi connectivity index (χ2v) is 9.17. The van der Waals surface area contributed by atoms with E-state index in [4.69, 9.17) is 9.47 Å². The van der Waals surface area contributed by atoms with Crippen LogP contribution in [0.2, 0.25) is 0 Å². The highest BCUT2D eigenvalue weighted by Gasteiger charge is 2.35. The third-order valence-corrected chi connectivity index (χ3v) is 6.63. The fraction of sp³-hybridized carbons (Fsp3) is 0.172. The van der Waals surface area contributed by atoms with Gasteiger partial charge in [0, 0.05) is 5.56 Å². The lowest BCUT2D eigenvalue weighted by atomic mass is 10.0. The van der Waals surface area contributed by atoms with Crippen LogP contribution in [0.5, 0.6) is 11.5 Å². The first-order valence-electron chi connectivity index (χ1n) is 11.3. The normalized spacial score (nSPS) is 14.5. The Bertz CT molecular complexity index is 1280. The van der Waals surface area contributed by atoms with Gasteiger partial charge in [0.15, 0.2) is 11.5 Å².